The normalized spacial score (nSPS) is 17.7. The van der Waals surface area contributed by atoms with Gasteiger partial charge in [0.2, 0.25) is 17.7 Å². The van der Waals surface area contributed by atoms with Crippen molar-refractivity contribution in [3.63, 3.8) is 0 Å². The number of rotatable bonds is 28. The predicted molar refractivity (Wildman–Crippen MR) is 245 cm³/mol. The number of carbonyl (C=O) groups is 4. The number of ether oxygens (including phenoxy) is 5. The molecular formula is C48H68FN5O10S. The molecule has 0 bridgehead atoms. The number of aromatic nitrogens is 1. The number of hydrogen-bond donors (Lipinski definition) is 4. The first-order chi connectivity index (χ1) is 31.0. The van der Waals surface area contributed by atoms with E-state index in [2.05, 4.69) is 39.9 Å². The average Bonchev–Trinajstić information content (AvgIpc) is 3.67. The van der Waals surface area contributed by atoms with E-state index in [-0.39, 0.29) is 51.0 Å². The third-order valence-corrected chi connectivity index (χ3v) is 12.4. The zero-order valence-electron chi connectivity index (χ0n) is 38.5. The number of aliphatic hydroxyl groups excluding tert-OH is 1. The number of nitrogens with zero attached hydrogens (tertiary/aromatic N) is 2. The molecule has 0 unspecified atom stereocenters. The van der Waals surface area contributed by atoms with Crippen molar-refractivity contribution in [1.29, 1.82) is 0 Å². The summed E-state index contributed by atoms with van der Waals surface area (Å²) in [6.45, 7) is 12.6. The minimum atomic E-state index is -1.97. The molecule has 1 aromatic heterocycles. The smallest absolute Gasteiger partial charge is 0.258 e. The summed E-state index contributed by atoms with van der Waals surface area (Å²) in [7, 11) is 0. The molecule has 0 spiro atoms. The number of β-amino-alcohol motifs (C(OH)–C–C–N with tert-alkyl or cyclic N) is 1. The highest BCUT2D eigenvalue weighted by atomic mass is 32.1. The monoisotopic (exact) mass is 925 g/mol. The summed E-state index contributed by atoms with van der Waals surface area (Å²) in [4.78, 5) is 57.8. The zero-order valence-corrected chi connectivity index (χ0v) is 39.4. The quantitative estimate of drug-likeness (QED) is 0.0685. The summed E-state index contributed by atoms with van der Waals surface area (Å²) in [5.41, 5.74) is 9.07. The lowest BCUT2D eigenvalue weighted by Gasteiger charge is -2.35. The van der Waals surface area contributed by atoms with Gasteiger partial charge in [-0.3, -0.25) is 19.2 Å². The number of nitrogens with one attached hydrogen (secondary N) is 2. The molecule has 1 aliphatic heterocycles. The summed E-state index contributed by atoms with van der Waals surface area (Å²) in [6.07, 6.45) is 3.08. The van der Waals surface area contributed by atoms with Gasteiger partial charge in [-0.1, -0.05) is 57.2 Å². The van der Waals surface area contributed by atoms with Gasteiger partial charge >= 0.3 is 0 Å². The van der Waals surface area contributed by atoms with Crippen LogP contribution in [0, 0.1) is 12.3 Å². The van der Waals surface area contributed by atoms with Gasteiger partial charge in [0.05, 0.1) is 67.9 Å². The molecular weight excluding hydrogens is 858 g/mol. The fraction of sp³-hybridized carbons (Fsp3) is 0.604. The predicted octanol–water partition coefficient (Wildman–Crippen LogP) is 5.35. The van der Waals surface area contributed by atoms with Gasteiger partial charge in [0, 0.05) is 38.1 Å². The van der Waals surface area contributed by atoms with Crippen LogP contribution in [0.3, 0.4) is 0 Å². The zero-order chi connectivity index (χ0) is 47.0. The second kappa shape index (κ2) is 24.8. The number of likely N-dealkylation sites (tertiary alicyclic amines) is 1. The summed E-state index contributed by atoms with van der Waals surface area (Å²) in [5.74, 6) is -1.58. The number of thiazole rings is 1. The molecule has 1 saturated heterocycles. The fourth-order valence-electron chi connectivity index (χ4n) is 7.39. The van der Waals surface area contributed by atoms with E-state index in [9.17, 15) is 28.7 Å². The van der Waals surface area contributed by atoms with E-state index in [0.29, 0.717) is 64.0 Å². The number of benzene rings is 2. The van der Waals surface area contributed by atoms with Crippen molar-refractivity contribution in [2.24, 2.45) is 11.1 Å². The first-order valence-electron chi connectivity index (χ1n) is 22.7. The molecule has 5 rings (SSSR count). The Hall–Kier alpha value is -4.52. The number of carbonyl (C=O) groups excluding carboxylic acids is 4. The molecule has 2 fully saturated rings. The van der Waals surface area contributed by atoms with Crippen molar-refractivity contribution in [2.75, 3.05) is 52.8 Å². The number of nitrogens with two attached hydrogens (primary N) is 1. The van der Waals surface area contributed by atoms with E-state index in [1.165, 1.54) is 21.8 Å². The highest BCUT2D eigenvalue weighted by molar-refractivity contribution is 7.13. The molecule has 2 aliphatic rings. The summed E-state index contributed by atoms with van der Waals surface area (Å²) >= 11 is 1.51. The molecule has 17 heteroatoms. The van der Waals surface area contributed by atoms with Crippen LogP contribution < -0.4 is 21.1 Å². The van der Waals surface area contributed by atoms with E-state index >= 15 is 0 Å². The maximum absolute atomic E-state index is 14.6. The molecule has 0 radical (unpaired) electrons. The van der Waals surface area contributed by atoms with Crippen LogP contribution in [0.1, 0.15) is 95.0 Å². The van der Waals surface area contributed by atoms with E-state index in [1.807, 2.05) is 32.0 Å². The molecule has 4 atom stereocenters. The van der Waals surface area contributed by atoms with Gasteiger partial charge in [-0.15, -0.1) is 11.3 Å². The van der Waals surface area contributed by atoms with Crippen LogP contribution in [0.25, 0.3) is 10.4 Å². The first-order valence-corrected chi connectivity index (χ1v) is 23.6. The largest absolute Gasteiger partial charge is 0.491 e. The molecule has 2 heterocycles. The third-order valence-electron chi connectivity index (χ3n) is 11.5. The lowest BCUT2D eigenvalue weighted by Crippen LogP contribution is -2.59. The Balaban J connectivity index is 1.00. The van der Waals surface area contributed by atoms with Gasteiger partial charge in [0.1, 0.15) is 24.4 Å². The van der Waals surface area contributed by atoms with E-state index in [0.717, 1.165) is 47.4 Å². The van der Waals surface area contributed by atoms with E-state index < -0.39 is 47.0 Å². The lowest BCUT2D eigenvalue weighted by atomic mass is 9.85. The van der Waals surface area contributed by atoms with Gasteiger partial charge in [-0.05, 0) is 80.5 Å². The number of primary amides is 1. The number of hydrogen-bond acceptors (Lipinski definition) is 12. The summed E-state index contributed by atoms with van der Waals surface area (Å²) in [5, 5.41) is 16.1. The molecule has 65 heavy (non-hydrogen) atoms. The topological polar surface area (TPSA) is 201 Å². The summed E-state index contributed by atoms with van der Waals surface area (Å²) < 4.78 is 43.9. The lowest BCUT2D eigenvalue weighted by molar-refractivity contribution is -0.145. The van der Waals surface area contributed by atoms with Crippen molar-refractivity contribution in [1.82, 2.24) is 20.5 Å². The van der Waals surface area contributed by atoms with Crippen molar-refractivity contribution in [2.45, 2.75) is 129 Å². The third kappa shape index (κ3) is 16.4. The van der Waals surface area contributed by atoms with Crippen molar-refractivity contribution in [3.05, 3.63) is 70.4 Å². The standard InChI is InChI=1S/C48H68FN5O10S/c1-32(8-6-10-41(50)56)64-30-35-13-11-34(12-14-35)9-7-19-60-20-21-61-22-23-62-24-25-63-40-26-36(42-33(2)52-31-65-42)15-16-37(40)28-51-44(57)39-27-38(55)29-54(39)45(58)43(47(3,4)5)53-46(59)48(49)17-18-48/h11-16,26,31-32,38-39,43,55H,6-10,17-25,27-30H2,1-5H3,(H2,50,56)(H,51,57)(H,53,59)/t32-,38-,39+,43-/m1/s1. The van der Waals surface area contributed by atoms with Crippen LogP contribution in [0.15, 0.2) is 48.0 Å². The van der Waals surface area contributed by atoms with Gasteiger partial charge in [0.15, 0.2) is 5.67 Å². The molecule has 358 valence electrons. The molecule has 1 saturated carbocycles. The molecule has 1 aliphatic carbocycles. The molecule has 4 amide bonds. The van der Waals surface area contributed by atoms with Crippen LogP contribution in [0.5, 0.6) is 5.75 Å². The van der Waals surface area contributed by atoms with Crippen molar-refractivity contribution >= 4 is 35.0 Å². The highest BCUT2D eigenvalue weighted by Gasteiger charge is 2.53. The minimum Gasteiger partial charge on any atom is -0.491 e. The fourth-order valence-corrected chi connectivity index (χ4v) is 8.19. The SMILES string of the molecule is Cc1ncsc1-c1ccc(CNC(=O)[C@@H]2C[C@@H](O)CN2C(=O)[C@@H](NC(=O)C2(F)CC2)C(C)(C)C)c(OCCOCCOCCOCCCc2ccc(CO[C@H](C)CCCC(N)=O)cc2)c1. The number of aliphatic hydroxyl groups is 1. The minimum absolute atomic E-state index is 0.0222. The number of aryl methyl sites for hydroxylation is 2. The Bertz CT molecular complexity index is 2010. The maximum atomic E-state index is 14.6. The Morgan fingerprint density at radius 3 is 2.26 bits per heavy atom. The van der Waals surface area contributed by atoms with Crippen LogP contribution in [0.4, 0.5) is 4.39 Å². The maximum Gasteiger partial charge on any atom is 0.258 e. The molecule has 3 aromatic rings. The average molecular weight is 926 g/mol. The number of amides is 4. The summed E-state index contributed by atoms with van der Waals surface area (Å²) in [6, 6.07) is 12.0. The van der Waals surface area contributed by atoms with Gasteiger partial charge in [-0.2, -0.15) is 0 Å². The van der Waals surface area contributed by atoms with E-state index in [4.69, 9.17) is 29.4 Å². The van der Waals surface area contributed by atoms with Crippen LogP contribution in [0.2, 0.25) is 0 Å². The molecule has 5 N–H and O–H groups in total. The molecule has 15 nitrogen and oxygen atoms in total. The van der Waals surface area contributed by atoms with Crippen LogP contribution in [-0.4, -0.2) is 121 Å². The Morgan fingerprint density at radius 1 is 0.969 bits per heavy atom. The molecule has 2 aromatic carbocycles. The van der Waals surface area contributed by atoms with Gasteiger partial charge in [-0.25, -0.2) is 9.37 Å². The first kappa shape index (κ1) is 51.5. The Labute approximate surface area is 386 Å². The van der Waals surface area contributed by atoms with Crippen molar-refractivity contribution < 1.29 is 52.4 Å². The van der Waals surface area contributed by atoms with Gasteiger partial charge < -0.3 is 50.1 Å². The van der Waals surface area contributed by atoms with Gasteiger partial charge in [0.25, 0.3) is 5.91 Å². The van der Waals surface area contributed by atoms with E-state index in [1.54, 1.807) is 26.3 Å². The van der Waals surface area contributed by atoms with Crippen LogP contribution in [-0.2, 0) is 57.7 Å². The Morgan fingerprint density at radius 2 is 1.63 bits per heavy atom. The van der Waals surface area contributed by atoms with Crippen LogP contribution >= 0.6 is 11.3 Å². The Kier molecular flexibility index (Phi) is 19.7. The second-order valence-corrected chi connectivity index (χ2v) is 18.9. The number of halogens is 1. The highest BCUT2D eigenvalue weighted by Crippen LogP contribution is 2.40. The van der Waals surface area contributed by atoms with Crippen molar-refractivity contribution in [3.8, 4) is 16.2 Å². The second-order valence-electron chi connectivity index (χ2n) is 18.0. The number of alkyl halides is 1.